The second-order valence-electron chi connectivity index (χ2n) is 5.17. The molecule has 1 fully saturated rings. The van der Waals surface area contributed by atoms with Crippen molar-refractivity contribution < 1.29 is 18.8 Å². The van der Waals surface area contributed by atoms with Gasteiger partial charge < -0.3 is 19.5 Å². The molecule has 0 spiro atoms. The van der Waals surface area contributed by atoms with E-state index < -0.39 is 0 Å². The summed E-state index contributed by atoms with van der Waals surface area (Å²) < 4.78 is 9.67. The SMILES string of the molecule is COCCN(CC(=O)Nc1ccon1)C(=O)C1CCCC1. The van der Waals surface area contributed by atoms with E-state index in [0.717, 1.165) is 25.7 Å². The van der Waals surface area contributed by atoms with Crippen molar-refractivity contribution in [3.63, 3.8) is 0 Å². The van der Waals surface area contributed by atoms with Crippen LogP contribution in [0.5, 0.6) is 0 Å². The van der Waals surface area contributed by atoms with Crippen molar-refractivity contribution in [3.05, 3.63) is 12.3 Å². The lowest BCUT2D eigenvalue weighted by atomic mass is 10.1. The van der Waals surface area contributed by atoms with Crippen molar-refractivity contribution in [1.29, 1.82) is 0 Å². The third-order valence-corrected chi connectivity index (χ3v) is 3.62. The van der Waals surface area contributed by atoms with E-state index in [1.54, 1.807) is 18.1 Å². The maximum absolute atomic E-state index is 12.4. The van der Waals surface area contributed by atoms with Gasteiger partial charge in [-0.1, -0.05) is 18.0 Å². The summed E-state index contributed by atoms with van der Waals surface area (Å²) >= 11 is 0. The van der Waals surface area contributed by atoms with Gasteiger partial charge in [-0.25, -0.2) is 0 Å². The van der Waals surface area contributed by atoms with E-state index in [-0.39, 0.29) is 24.3 Å². The van der Waals surface area contributed by atoms with E-state index >= 15 is 0 Å². The van der Waals surface area contributed by atoms with Gasteiger partial charge in [0, 0.05) is 25.6 Å². The van der Waals surface area contributed by atoms with Crippen molar-refractivity contribution in [2.24, 2.45) is 5.92 Å². The second kappa shape index (κ2) is 7.78. The third kappa shape index (κ3) is 4.56. The molecule has 2 amide bonds. The fourth-order valence-electron chi connectivity index (χ4n) is 2.53. The number of carbonyl (C=O) groups is 2. The zero-order chi connectivity index (χ0) is 15.1. The first-order valence-electron chi connectivity index (χ1n) is 7.18. The van der Waals surface area contributed by atoms with E-state index in [0.29, 0.717) is 19.0 Å². The largest absolute Gasteiger partial charge is 0.383 e. The first-order chi connectivity index (χ1) is 10.2. The lowest BCUT2D eigenvalue weighted by Crippen LogP contribution is -2.42. The molecule has 21 heavy (non-hydrogen) atoms. The lowest BCUT2D eigenvalue weighted by Gasteiger charge is -2.24. The molecule has 0 saturated heterocycles. The molecule has 1 aromatic heterocycles. The predicted octanol–water partition coefficient (Wildman–Crippen LogP) is 1.28. The number of amides is 2. The smallest absolute Gasteiger partial charge is 0.245 e. The number of anilines is 1. The Balaban J connectivity index is 1.91. The molecule has 7 heteroatoms. The van der Waals surface area contributed by atoms with E-state index in [1.165, 1.54) is 6.26 Å². The average molecular weight is 295 g/mol. The molecule has 116 valence electrons. The summed E-state index contributed by atoms with van der Waals surface area (Å²) in [4.78, 5) is 26.0. The Bertz CT molecular complexity index is 455. The van der Waals surface area contributed by atoms with Gasteiger partial charge in [0.2, 0.25) is 11.8 Å². The normalized spacial score (nSPS) is 15.1. The van der Waals surface area contributed by atoms with E-state index in [4.69, 9.17) is 4.74 Å². The van der Waals surface area contributed by atoms with Gasteiger partial charge in [-0.2, -0.15) is 0 Å². The molecule has 1 N–H and O–H groups in total. The summed E-state index contributed by atoms with van der Waals surface area (Å²) in [6.07, 6.45) is 5.36. The minimum Gasteiger partial charge on any atom is -0.383 e. The molecule has 2 rings (SSSR count). The molecule has 1 aromatic rings. The van der Waals surface area contributed by atoms with Gasteiger partial charge in [0.1, 0.15) is 6.26 Å². The lowest BCUT2D eigenvalue weighted by molar-refractivity contribution is -0.138. The summed E-state index contributed by atoms with van der Waals surface area (Å²) in [7, 11) is 1.58. The highest BCUT2D eigenvalue weighted by atomic mass is 16.5. The molecule has 0 bridgehead atoms. The molecule has 7 nitrogen and oxygen atoms in total. The van der Waals surface area contributed by atoms with Gasteiger partial charge in [-0.05, 0) is 12.8 Å². The molecule has 0 unspecified atom stereocenters. The van der Waals surface area contributed by atoms with Crippen LogP contribution in [-0.2, 0) is 14.3 Å². The minimum atomic E-state index is -0.286. The monoisotopic (exact) mass is 295 g/mol. The molecule has 1 heterocycles. The summed E-state index contributed by atoms with van der Waals surface area (Å²) in [5.74, 6) is 0.146. The number of nitrogens with zero attached hydrogens (tertiary/aromatic N) is 2. The van der Waals surface area contributed by atoms with Gasteiger partial charge in [-0.3, -0.25) is 9.59 Å². The zero-order valence-electron chi connectivity index (χ0n) is 12.2. The van der Waals surface area contributed by atoms with Gasteiger partial charge in [-0.15, -0.1) is 0 Å². The van der Waals surface area contributed by atoms with Gasteiger partial charge in [0.25, 0.3) is 0 Å². The molecule has 0 atom stereocenters. The van der Waals surface area contributed by atoms with Crippen LogP contribution in [0.2, 0.25) is 0 Å². The van der Waals surface area contributed by atoms with Crippen LogP contribution in [0, 0.1) is 5.92 Å². The van der Waals surface area contributed by atoms with Crippen molar-refractivity contribution in [2.75, 3.05) is 32.1 Å². The highest BCUT2D eigenvalue weighted by Crippen LogP contribution is 2.26. The molecular weight excluding hydrogens is 274 g/mol. The molecule has 0 radical (unpaired) electrons. The number of hydrogen-bond acceptors (Lipinski definition) is 5. The summed E-state index contributed by atoms with van der Waals surface area (Å²) in [6.45, 7) is 0.833. The van der Waals surface area contributed by atoms with Gasteiger partial charge in [0.05, 0.1) is 13.2 Å². The van der Waals surface area contributed by atoms with Crippen LogP contribution >= 0.6 is 0 Å². The van der Waals surface area contributed by atoms with Crippen LogP contribution in [0.3, 0.4) is 0 Å². The zero-order valence-corrected chi connectivity index (χ0v) is 12.2. The first-order valence-corrected chi connectivity index (χ1v) is 7.18. The molecule has 0 aliphatic heterocycles. The van der Waals surface area contributed by atoms with Gasteiger partial charge >= 0.3 is 0 Å². The standard InChI is InChI=1S/C14H21N3O4/c1-20-9-7-17(14(19)11-4-2-3-5-11)10-13(18)15-12-6-8-21-16-12/h6,8,11H,2-5,7,9-10H2,1H3,(H,15,16,18). The van der Waals surface area contributed by atoms with Crippen LogP contribution in [0.25, 0.3) is 0 Å². The fourth-order valence-corrected chi connectivity index (χ4v) is 2.53. The fraction of sp³-hybridized carbons (Fsp3) is 0.643. The van der Waals surface area contributed by atoms with Gasteiger partial charge in [0.15, 0.2) is 5.82 Å². The molecule has 1 saturated carbocycles. The minimum absolute atomic E-state index is 0.00551. The van der Waals surface area contributed by atoms with Crippen molar-refractivity contribution in [2.45, 2.75) is 25.7 Å². The van der Waals surface area contributed by atoms with Crippen LogP contribution in [0.1, 0.15) is 25.7 Å². The Labute approximate surface area is 123 Å². The van der Waals surface area contributed by atoms with E-state index in [9.17, 15) is 9.59 Å². The summed E-state index contributed by atoms with van der Waals surface area (Å²) in [5.41, 5.74) is 0. The summed E-state index contributed by atoms with van der Waals surface area (Å²) in [6, 6.07) is 1.55. The Morgan fingerprint density at radius 2 is 2.24 bits per heavy atom. The number of methoxy groups -OCH3 is 1. The maximum Gasteiger partial charge on any atom is 0.245 e. The maximum atomic E-state index is 12.4. The quantitative estimate of drug-likeness (QED) is 0.819. The van der Waals surface area contributed by atoms with E-state index in [1.807, 2.05) is 0 Å². The second-order valence-corrected chi connectivity index (χ2v) is 5.17. The predicted molar refractivity (Wildman–Crippen MR) is 75.5 cm³/mol. The summed E-state index contributed by atoms with van der Waals surface area (Å²) in [5, 5.41) is 6.21. The number of hydrogen-bond donors (Lipinski definition) is 1. The van der Waals surface area contributed by atoms with Crippen LogP contribution in [0.15, 0.2) is 16.9 Å². The topological polar surface area (TPSA) is 84.7 Å². The molecular formula is C14H21N3O4. The third-order valence-electron chi connectivity index (χ3n) is 3.62. The first kappa shape index (κ1) is 15.5. The number of aromatic nitrogens is 1. The van der Waals surface area contributed by atoms with Crippen LogP contribution in [0.4, 0.5) is 5.82 Å². The Kier molecular flexibility index (Phi) is 5.74. The van der Waals surface area contributed by atoms with Crippen LogP contribution in [-0.4, -0.2) is 48.7 Å². The van der Waals surface area contributed by atoms with E-state index in [2.05, 4.69) is 15.0 Å². The van der Waals surface area contributed by atoms with Crippen molar-refractivity contribution >= 4 is 17.6 Å². The molecule has 1 aliphatic rings. The molecule has 0 aromatic carbocycles. The Morgan fingerprint density at radius 1 is 1.48 bits per heavy atom. The highest BCUT2D eigenvalue weighted by Gasteiger charge is 2.28. The number of carbonyl (C=O) groups excluding carboxylic acids is 2. The number of ether oxygens (including phenoxy) is 1. The number of rotatable bonds is 7. The Hall–Kier alpha value is -1.89. The van der Waals surface area contributed by atoms with Crippen molar-refractivity contribution in [3.8, 4) is 0 Å². The molecule has 1 aliphatic carbocycles. The highest BCUT2D eigenvalue weighted by molar-refractivity contribution is 5.94. The average Bonchev–Trinajstić information content (AvgIpc) is 3.15. The van der Waals surface area contributed by atoms with Crippen molar-refractivity contribution in [1.82, 2.24) is 10.1 Å². The van der Waals surface area contributed by atoms with Crippen LogP contribution < -0.4 is 5.32 Å². The Morgan fingerprint density at radius 3 is 2.86 bits per heavy atom. The number of nitrogens with one attached hydrogen (secondary N) is 1.